The summed E-state index contributed by atoms with van der Waals surface area (Å²) in [6, 6.07) is 5.24. The monoisotopic (exact) mass is 347 g/mol. The Balaban J connectivity index is 2.12. The van der Waals surface area contributed by atoms with Gasteiger partial charge in [-0.25, -0.2) is 4.98 Å². The van der Waals surface area contributed by atoms with Crippen LogP contribution in [0.2, 0.25) is 0 Å². The number of nitriles is 1. The standard InChI is InChI=1S/C12H9BrF3N3O/c13-10-6-19(3-4-20-7-12(14,15)16)11-9(10)2-1-8(5-17)18-11/h1-2,6H,3-4,7H2. The highest BCUT2D eigenvalue weighted by Crippen LogP contribution is 2.25. The quantitative estimate of drug-likeness (QED) is 0.797. The van der Waals surface area contributed by atoms with Crippen LogP contribution in [0.15, 0.2) is 22.8 Å². The second-order valence-corrected chi connectivity index (χ2v) is 4.87. The van der Waals surface area contributed by atoms with Gasteiger partial charge in [-0.1, -0.05) is 0 Å². The summed E-state index contributed by atoms with van der Waals surface area (Å²) in [6.45, 7) is -1.14. The molecule has 0 bridgehead atoms. The first-order valence-electron chi connectivity index (χ1n) is 5.61. The Labute approximate surface area is 120 Å². The molecule has 0 aliphatic carbocycles. The van der Waals surface area contributed by atoms with Gasteiger partial charge in [0.2, 0.25) is 0 Å². The third-order valence-electron chi connectivity index (χ3n) is 2.53. The van der Waals surface area contributed by atoms with Crippen LogP contribution in [0.4, 0.5) is 13.2 Å². The largest absolute Gasteiger partial charge is 0.411 e. The fourth-order valence-corrected chi connectivity index (χ4v) is 2.26. The SMILES string of the molecule is N#Cc1ccc2c(Br)cn(CCOCC(F)(F)F)c2n1. The molecule has 0 fully saturated rings. The van der Waals surface area contributed by atoms with Gasteiger partial charge in [-0.2, -0.15) is 18.4 Å². The molecule has 2 rings (SSSR count). The number of hydrogen-bond acceptors (Lipinski definition) is 3. The molecule has 2 heterocycles. The van der Waals surface area contributed by atoms with E-state index in [1.54, 1.807) is 22.9 Å². The van der Waals surface area contributed by atoms with E-state index in [0.29, 0.717) is 5.65 Å². The Bertz CT molecular complexity index is 660. The average Bonchev–Trinajstić information content (AvgIpc) is 2.70. The van der Waals surface area contributed by atoms with Crippen molar-refractivity contribution in [3.8, 4) is 6.07 Å². The maximum Gasteiger partial charge on any atom is 0.411 e. The fraction of sp³-hybridized carbons (Fsp3) is 0.333. The molecule has 2 aromatic rings. The first-order valence-corrected chi connectivity index (χ1v) is 6.40. The molecule has 0 aliphatic heterocycles. The minimum absolute atomic E-state index is 0.0891. The first kappa shape index (κ1) is 14.8. The number of hydrogen-bond donors (Lipinski definition) is 0. The van der Waals surface area contributed by atoms with E-state index in [4.69, 9.17) is 5.26 Å². The number of pyridine rings is 1. The molecule has 0 unspecified atom stereocenters. The number of fused-ring (bicyclic) bond motifs is 1. The van der Waals surface area contributed by atoms with Crippen molar-refractivity contribution >= 4 is 27.0 Å². The van der Waals surface area contributed by atoms with Gasteiger partial charge in [-0.05, 0) is 28.1 Å². The molecule has 106 valence electrons. The zero-order chi connectivity index (χ0) is 14.8. The maximum atomic E-state index is 11.9. The molecule has 4 nitrogen and oxygen atoms in total. The normalized spacial score (nSPS) is 11.8. The topological polar surface area (TPSA) is 50.8 Å². The number of nitrogens with zero attached hydrogens (tertiary/aromatic N) is 3. The maximum absolute atomic E-state index is 11.9. The van der Waals surface area contributed by atoms with Crippen molar-refractivity contribution < 1.29 is 17.9 Å². The van der Waals surface area contributed by atoms with Gasteiger partial charge in [-0.15, -0.1) is 0 Å². The Morgan fingerprint density at radius 3 is 2.80 bits per heavy atom. The van der Waals surface area contributed by atoms with Gasteiger partial charge in [-0.3, -0.25) is 0 Å². The average molecular weight is 348 g/mol. The smallest absolute Gasteiger partial charge is 0.370 e. The molecule has 0 amide bonds. The van der Waals surface area contributed by atoms with Crippen molar-refractivity contribution in [2.45, 2.75) is 12.7 Å². The Morgan fingerprint density at radius 1 is 1.40 bits per heavy atom. The first-order chi connectivity index (χ1) is 9.40. The summed E-state index contributed by atoms with van der Waals surface area (Å²) in [5, 5.41) is 9.61. The highest BCUT2D eigenvalue weighted by Gasteiger charge is 2.27. The summed E-state index contributed by atoms with van der Waals surface area (Å²) < 4.78 is 42.8. The Morgan fingerprint density at radius 2 is 2.15 bits per heavy atom. The van der Waals surface area contributed by atoms with E-state index in [9.17, 15) is 13.2 Å². The third-order valence-corrected chi connectivity index (χ3v) is 3.16. The fourth-order valence-electron chi connectivity index (χ4n) is 1.70. The second-order valence-electron chi connectivity index (χ2n) is 4.02. The highest BCUT2D eigenvalue weighted by molar-refractivity contribution is 9.10. The molecule has 0 spiro atoms. The van der Waals surface area contributed by atoms with Gasteiger partial charge in [0, 0.05) is 22.6 Å². The molecule has 0 saturated carbocycles. The van der Waals surface area contributed by atoms with Crippen molar-refractivity contribution in [2.75, 3.05) is 13.2 Å². The van der Waals surface area contributed by atoms with Gasteiger partial charge >= 0.3 is 6.18 Å². The van der Waals surface area contributed by atoms with E-state index >= 15 is 0 Å². The zero-order valence-corrected chi connectivity index (χ0v) is 11.7. The molecule has 0 radical (unpaired) electrons. The third kappa shape index (κ3) is 3.49. The molecule has 2 aromatic heterocycles. The Hall–Kier alpha value is -1.59. The van der Waals surface area contributed by atoms with Crippen molar-refractivity contribution in [2.24, 2.45) is 0 Å². The predicted octanol–water partition coefficient (Wildman–Crippen LogP) is 3.25. The molecule has 0 saturated heterocycles. The number of aromatic nitrogens is 2. The lowest BCUT2D eigenvalue weighted by atomic mass is 10.3. The van der Waals surface area contributed by atoms with Gasteiger partial charge in [0.05, 0.1) is 6.61 Å². The number of ether oxygens (including phenoxy) is 1. The molecule has 0 N–H and O–H groups in total. The Kier molecular flexibility index (Phi) is 4.30. The molecular weight excluding hydrogens is 339 g/mol. The van der Waals surface area contributed by atoms with Crippen molar-refractivity contribution in [1.82, 2.24) is 9.55 Å². The summed E-state index contributed by atoms with van der Waals surface area (Å²) in [4.78, 5) is 4.14. The van der Waals surface area contributed by atoms with Crippen molar-refractivity contribution in [3.63, 3.8) is 0 Å². The van der Waals surface area contributed by atoms with Crippen LogP contribution < -0.4 is 0 Å². The van der Waals surface area contributed by atoms with Gasteiger partial charge in [0.15, 0.2) is 0 Å². The van der Waals surface area contributed by atoms with E-state index in [2.05, 4.69) is 25.7 Å². The molecular formula is C12H9BrF3N3O. The van der Waals surface area contributed by atoms with Crippen molar-refractivity contribution in [3.05, 3.63) is 28.5 Å². The van der Waals surface area contributed by atoms with Gasteiger partial charge in [0.1, 0.15) is 24.0 Å². The van der Waals surface area contributed by atoms with Crippen LogP contribution >= 0.6 is 15.9 Å². The lowest BCUT2D eigenvalue weighted by Crippen LogP contribution is -2.19. The molecule has 0 aromatic carbocycles. The summed E-state index contributed by atoms with van der Waals surface area (Å²) in [7, 11) is 0. The minimum atomic E-state index is -4.33. The van der Waals surface area contributed by atoms with Crippen LogP contribution in [0.25, 0.3) is 11.0 Å². The van der Waals surface area contributed by atoms with Crippen molar-refractivity contribution in [1.29, 1.82) is 5.26 Å². The summed E-state index contributed by atoms with van der Waals surface area (Å²) in [5.41, 5.74) is 0.784. The van der Waals surface area contributed by atoms with Crippen LogP contribution in [0, 0.1) is 11.3 Å². The summed E-state index contributed by atoms with van der Waals surface area (Å²) in [6.07, 6.45) is -2.62. The van der Waals surface area contributed by atoms with Crippen LogP contribution in [0.1, 0.15) is 5.69 Å². The number of halogens is 4. The van der Waals surface area contributed by atoms with E-state index in [0.717, 1.165) is 9.86 Å². The lowest BCUT2D eigenvalue weighted by Gasteiger charge is -2.08. The summed E-state index contributed by atoms with van der Waals surface area (Å²) >= 11 is 3.34. The van der Waals surface area contributed by atoms with Crippen LogP contribution in [0.5, 0.6) is 0 Å². The highest BCUT2D eigenvalue weighted by atomic mass is 79.9. The molecule has 20 heavy (non-hydrogen) atoms. The van der Waals surface area contributed by atoms with E-state index in [-0.39, 0.29) is 18.8 Å². The minimum Gasteiger partial charge on any atom is -0.370 e. The molecule has 0 atom stereocenters. The predicted molar refractivity (Wildman–Crippen MR) is 69.0 cm³/mol. The molecule has 8 heteroatoms. The van der Waals surface area contributed by atoms with Crippen LogP contribution in [-0.2, 0) is 11.3 Å². The number of alkyl halides is 3. The van der Waals surface area contributed by atoms with E-state index in [1.807, 2.05) is 6.07 Å². The zero-order valence-electron chi connectivity index (χ0n) is 10.1. The second kappa shape index (κ2) is 5.81. The molecule has 0 aliphatic rings. The summed E-state index contributed by atoms with van der Waals surface area (Å²) in [5.74, 6) is 0. The van der Waals surface area contributed by atoms with E-state index < -0.39 is 12.8 Å². The van der Waals surface area contributed by atoms with Crippen LogP contribution in [0.3, 0.4) is 0 Å². The number of rotatable bonds is 4. The van der Waals surface area contributed by atoms with Gasteiger partial charge < -0.3 is 9.30 Å². The van der Waals surface area contributed by atoms with E-state index in [1.165, 1.54) is 0 Å². The lowest BCUT2D eigenvalue weighted by molar-refractivity contribution is -0.174. The van der Waals surface area contributed by atoms with Crippen LogP contribution in [-0.4, -0.2) is 28.9 Å². The van der Waals surface area contributed by atoms with Gasteiger partial charge in [0.25, 0.3) is 0 Å².